The van der Waals surface area contributed by atoms with Crippen LogP contribution in [0.25, 0.3) is 0 Å². The molecule has 0 aromatic heterocycles. The monoisotopic (exact) mass is 240 g/mol. The zero-order chi connectivity index (χ0) is 12.3. The molecule has 1 aliphatic rings. The number of halogens is 2. The van der Waals surface area contributed by atoms with Gasteiger partial charge in [-0.3, -0.25) is 0 Å². The third-order valence-electron chi connectivity index (χ3n) is 3.43. The average Bonchev–Trinajstić information content (AvgIpc) is 2.29. The van der Waals surface area contributed by atoms with Gasteiger partial charge in [0.15, 0.2) is 0 Å². The normalized spacial score (nSPS) is 24.9. The van der Waals surface area contributed by atoms with Gasteiger partial charge in [0, 0.05) is 12.7 Å². The molecule has 1 aromatic rings. The van der Waals surface area contributed by atoms with Gasteiger partial charge in [-0.1, -0.05) is 0 Å². The highest BCUT2D eigenvalue weighted by Gasteiger charge is 2.23. The lowest BCUT2D eigenvalue weighted by atomic mass is 9.82. The van der Waals surface area contributed by atoms with Crippen molar-refractivity contribution in [2.75, 3.05) is 6.61 Å². The van der Waals surface area contributed by atoms with Crippen LogP contribution in [0.1, 0.15) is 44.1 Å². The summed E-state index contributed by atoms with van der Waals surface area (Å²) in [5, 5.41) is 0. The van der Waals surface area contributed by atoms with E-state index in [0.29, 0.717) is 6.10 Å². The summed E-state index contributed by atoms with van der Waals surface area (Å²) in [6, 6.07) is 3.83. The van der Waals surface area contributed by atoms with Gasteiger partial charge in [0.2, 0.25) is 0 Å². The lowest BCUT2D eigenvalue weighted by Crippen LogP contribution is -2.20. The molecule has 0 aliphatic heterocycles. The first-order chi connectivity index (χ1) is 8.19. The number of hydrogen-bond donors (Lipinski definition) is 0. The van der Waals surface area contributed by atoms with E-state index in [4.69, 9.17) is 4.74 Å². The first-order valence-corrected chi connectivity index (χ1v) is 6.26. The van der Waals surface area contributed by atoms with E-state index < -0.39 is 11.6 Å². The Kier molecular flexibility index (Phi) is 4.11. The van der Waals surface area contributed by atoms with Gasteiger partial charge in [-0.15, -0.1) is 0 Å². The summed E-state index contributed by atoms with van der Waals surface area (Å²) in [7, 11) is 0. The van der Waals surface area contributed by atoms with Gasteiger partial charge in [0.05, 0.1) is 6.10 Å². The maximum atomic E-state index is 13.1. The minimum atomic E-state index is -0.480. The summed E-state index contributed by atoms with van der Waals surface area (Å²) in [6.45, 7) is 2.73. The van der Waals surface area contributed by atoms with Gasteiger partial charge in [0.25, 0.3) is 0 Å². The predicted octanol–water partition coefficient (Wildman–Crippen LogP) is 4.03. The third kappa shape index (κ3) is 3.25. The van der Waals surface area contributed by atoms with Crippen LogP contribution in [0.2, 0.25) is 0 Å². The molecule has 0 radical (unpaired) electrons. The molecule has 1 fully saturated rings. The molecule has 0 amide bonds. The first kappa shape index (κ1) is 12.5. The third-order valence-corrected chi connectivity index (χ3v) is 3.43. The van der Waals surface area contributed by atoms with Gasteiger partial charge in [-0.25, -0.2) is 8.78 Å². The molecule has 1 aromatic carbocycles. The Morgan fingerprint density at radius 1 is 1.06 bits per heavy atom. The van der Waals surface area contributed by atoms with Crippen LogP contribution in [0, 0.1) is 11.6 Å². The zero-order valence-electron chi connectivity index (χ0n) is 10.1. The Morgan fingerprint density at radius 2 is 1.65 bits per heavy atom. The average molecular weight is 240 g/mol. The van der Waals surface area contributed by atoms with Crippen molar-refractivity contribution >= 4 is 0 Å². The topological polar surface area (TPSA) is 9.23 Å². The van der Waals surface area contributed by atoms with Crippen molar-refractivity contribution in [3.8, 4) is 0 Å². The number of hydrogen-bond acceptors (Lipinski definition) is 1. The molecule has 0 N–H and O–H groups in total. The van der Waals surface area contributed by atoms with Crippen LogP contribution in [0.4, 0.5) is 8.78 Å². The lowest BCUT2D eigenvalue weighted by Gasteiger charge is -2.28. The molecule has 0 atom stereocenters. The number of ether oxygens (including phenoxy) is 1. The first-order valence-electron chi connectivity index (χ1n) is 6.26. The van der Waals surface area contributed by atoms with Crippen LogP contribution in [-0.4, -0.2) is 12.7 Å². The zero-order valence-corrected chi connectivity index (χ0v) is 10.1. The maximum absolute atomic E-state index is 13.1. The van der Waals surface area contributed by atoms with Crippen molar-refractivity contribution in [3.63, 3.8) is 0 Å². The van der Waals surface area contributed by atoms with Gasteiger partial charge in [-0.05, 0) is 56.2 Å². The van der Waals surface area contributed by atoms with E-state index >= 15 is 0 Å². The Hall–Kier alpha value is -0.960. The summed E-state index contributed by atoms with van der Waals surface area (Å²) in [6.07, 6.45) is 4.20. The summed E-state index contributed by atoms with van der Waals surface area (Å²) < 4.78 is 31.8. The molecule has 3 heteroatoms. The molecule has 0 heterocycles. The van der Waals surface area contributed by atoms with Crippen molar-refractivity contribution in [2.45, 2.75) is 44.6 Å². The summed E-state index contributed by atoms with van der Waals surface area (Å²) >= 11 is 0. The highest BCUT2D eigenvalue weighted by Crippen LogP contribution is 2.34. The molecular weight excluding hydrogens is 222 g/mol. The summed E-state index contributed by atoms with van der Waals surface area (Å²) in [5.41, 5.74) is 0.789. The molecule has 0 saturated heterocycles. The summed E-state index contributed by atoms with van der Waals surface area (Å²) in [4.78, 5) is 0. The van der Waals surface area contributed by atoms with Crippen LogP contribution in [0.15, 0.2) is 18.2 Å². The molecule has 1 aliphatic carbocycles. The van der Waals surface area contributed by atoms with E-state index in [2.05, 4.69) is 0 Å². The van der Waals surface area contributed by atoms with E-state index in [1.165, 1.54) is 12.1 Å². The SMILES string of the molecule is CCOC1CCC(c2cc(F)cc(F)c2)CC1. The van der Waals surface area contributed by atoms with Gasteiger partial charge in [-0.2, -0.15) is 0 Å². The summed E-state index contributed by atoms with van der Waals surface area (Å²) in [5.74, 6) is -0.684. The quantitative estimate of drug-likeness (QED) is 0.775. The standard InChI is InChI=1S/C14H18F2O/c1-2-17-14-5-3-10(4-6-14)11-7-12(15)9-13(16)8-11/h7-10,14H,2-6H2,1H3. The van der Waals surface area contributed by atoms with Crippen LogP contribution in [0.3, 0.4) is 0 Å². The smallest absolute Gasteiger partial charge is 0.126 e. The van der Waals surface area contributed by atoms with Crippen molar-refractivity contribution in [1.82, 2.24) is 0 Å². The Balaban J connectivity index is 2.00. The van der Waals surface area contributed by atoms with Crippen LogP contribution in [0.5, 0.6) is 0 Å². The van der Waals surface area contributed by atoms with Crippen LogP contribution >= 0.6 is 0 Å². The molecule has 0 spiro atoms. The van der Waals surface area contributed by atoms with Crippen molar-refractivity contribution in [2.24, 2.45) is 0 Å². The minimum absolute atomic E-state index is 0.275. The van der Waals surface area contributed by atoms with Crippen molar-refractivity contribution in [1.29, 1.82) is 0 Å². The fraction of sp³-hybridized carbons (Fsp3) is 0.571. The molecule has 0 bridgehead atoms. The Labute approximate surface area is 101 Å². The fourth-order valence-corrected chi connectivity index (χ4v) is 2.61. The van der Waals surface area contributed by atoms with Gasteiger partial charge >= 0.3 is 0 Å². The number of benzene rings is 1. The molecule has 0 unspecified atom stereocenters. The maximum Gasteiger partial charge on any atom is 0.126 e. The number of rotatable bonds is 3. The second kappa shape index (κ2) is 5.58. The molecule has 94 valence electrons. The predicted molar refractivity (Wildman–Crippen MR) is 63.0 cm³/mol. The van der Waals surface area contributed by atoms with E-state index in [0.717, 1.165) is 43.9 Å². The van der Waals surface area contributed by atoms with Crippen LogP contribution in [-0.2, 0) is 4.74 Å². The van der Waals surface area contributed by atoms with E-state index in [1.54, 1.807) is 0 Å². The van der Waals surface area contributed by atoms with Crippen molar-refractivity contribution in [3.05, 3.63) is 35.4 Å². The highest BCUT2D eigenvalue weighted by atomic mass is 19.1. The largest absolute Gasteiger partial charge is 0.379 e. The minimum Gasteiger partial charge on any atom is -0.379 e. The molecule has 17 heavy (non-hydrogen) atoms. The molecule has 2 rings (SSSR count). The van der Waals surface area contributed by atoms with E-state index in [9.17, 15) is 8.78 Å². The molecule has 1 nitrogen and oxygen atoms in total. The van der Waals surface area contributed by atoms with E-state index in [-0.39, 0.29) is 5.92 Å². The van der Waals surface area contributed by atoms with Crippen LogP contribution < -0.4 is 0 Å². The Morgan fingerprint density at radius 3 is 2.18 bits per heavy atom. The molecular formula is C14H18F2O. The van der Waals surface area contributed by atoms with Gasteiger partial charge in [0.1, 0.15) is 11.6 Å². The second-order valence-corrected chi connectivity index (χ2v) is 4.63. The fourth-order valence-electron chi connectivity index (χ4n) is 2.61. The second-order valence-electron chi connectivity index (χ2n) is 4.63. The molecule has 1 saturated carbocycles. The highest BCUT2D eigenvalue weighted by molar-refractivity contribution is 5.22. The van der Waals surface area contributed by atoms with Gasteiger partial charge < -0.3 is 4.74 Å². The Bertz CT molecular complexity index is 350. The lowest BCUT2D eigenvalue weighted by molar-refractivity contribution is 0.0328. The van der Waals surface area contributed by atoms with E-state index in [1.807, 2.05) is 6.92 Å². The van der Waals surface area contributed by atoms with Crippen molar-refractivity contribution < 1.29 is 13.5 Å².